The molecule has 0 saturated heterocycles. The van der Waals surface area contributed by atoms with Crippen molar-refractivity contribution in [3.05, 3.63) is 106 Å². The van der Waals surface area contributed by atoms with E-state index in [4.69, 9.17) is 28.3 Å². The van der Waals surface area contributed by atoms with Crippen LogP contribution in [0.3, 0.4) is 0 Å². The molecule has 0 heterocycles. The summed E-state index contributed by atoms with van der Waals surface area (Å²) in [4.78, 5) is 25.0. The molecule has 0 bridgehead atoms. The van der Waals surface area contributed by atoms with E-state index < -0.39 is 5.97 Å². The zero-order chi connectivity index (χ0) is 23.4. The fraction of sp³-hybridized carbons (Fsp3) is 0.0400. The summed E-state index contributed by atoms with van der Waals surface area (Å²) < 4.78 is 3.31. The Morgan fingerprint density at radius 1 is 0.848 bits per heavy atom. The Labute approximate surface area is 204 Å². The van der Waals surface area contributed by atoms with Gasteiger partial charge in [0, 0.05) is 32.4 Å². The van der Waals surface area contributed by atoms with Gasteiger partial charge in [-0.15, -0.1) is 0 Å². The van der Waals surface area contributed by atoms with Crippen LogP contribution in [0, 0.1) is 0 Å². The number of carbonyl (C=O) groups is 2. The minimum Gasteiger partial charge on any atom is -0.478 e. The lowest BCUT2D eigenvalue weighted by Gasteiger charge is -2.13. The van der Waals surface area contributed by atoms with Crippen LogP contribution < -0.4 is 10.0 Å². The molecule has 5 nitrogen and oxygen atoms in total. The number of amides is 1. The number of fused-ring (bicyclic) bond motifs is 1. The van der Waals surface area contributed by atoms with Crippen molar-refractivity contribution in [3.63, 3.8) is 0 Å². The molecule has 166 valence electrons. The van der Waals surface area contributed by atoms with Crippen LogP contribution in [0.15, 0.2) is 83.8 Å². The van der Waals surface area contributed by atoms with Gasteiger partial charge in [-0.25, -0.2) is 4.79 Å². The molecule has 0 aliphatic rings. The van der Waals surface area contributed by atoms with Gasteiger partial charge in [0.15, 0.2) is 0 Å². The molecule has 8 heteroatoms. The first-order valence-corrected chi connectivity index (χ1v) is 11.5. The molecule has 0 aliphatic carbocycles. The second kappa shape index (κ2) is 10.2. The van der Waals surface area contributed by atoms with E-state index in [1.165, 1.54) is 18.0 Å². The van der Waals surface area contributed by atoms with Gasteiger partial charge in [-0.05, 0) is 65.4 Å². The smallest absolute Gasteiger partial charge is 0.335 e. The third kappa shape index (κ3) is 5.60. The SMILES string of the molecule is O=C(O)c1cccc(CNC(=O)c2cccc3c(NSc4cc(Cl)cc(Cl)c4)cccc23)c1. The van der Waals surface area contributed by atoms with Crippen molar-refractivity contribution >= 4 is 63.5 Å². The van der Waals surface area contributed by atoms with Crippen LogP contribution in [0.5, 0.6) is 0 Å². The van der Waals surface area contributed by atoms with E-state index in [2.05, 4.69) is 10.0 Å². The van der Waals surface area contributed by atoms with Crippen molar-refractivity contribution < 1.29 is 14.7 Å². The quantitative estimate of drug-likeness (QED) is 0.242. The summed E-state index contributed by atoms with van der Waals surface area (Å²) in [6.07, 6.45) is 0. The van der Waals surface area contributed by atoms with Crippen LogP contribution in [0.1, 0.15) is 26.3 Å². The average molecular weight is 497 g/mol. The van der Waals surface area contributed by atoms with Gasteiger partial charge in [0.25, 0.3) is 5.91 Å². The maximum atomic E-state index is 12.9. The van der Waals surface area contributed by atoms with Crippen molar-refractivity contribution in [1.29, 1.82) is 0 Å². The normalized spacial score (nSPS) is 10.7. The molecular formula is C25H18Cl2N2O3S. The highest BCUT2D eigenvalue weighted by Gasteiger charge is 2.12. The molecule has 0 atom stereocenters. The van der Waals surface area contributed by atoms with Gasteiger partial charge in [-0.3, -0.25) is 4.79 Å². The number of carbonyl (C=O) groups excluding carboxylic acids is 1. The first-order chi connectivity index (χ1) is 15.9. The van der Waals surface area contributed by atoms with Crippen molar-refractivity contribution in [2.75, 3.05) is 4.72 Å². The van der Waals surface area contributed by atoms with E-state index in [9.17, 15) is 9.59 Å². The highest BCUT2D eigenvalue weighted by atomic mass is 35.5. The molecule has 33 heavy (non-hydrogen) atoms. The average Bonchev–Trinajstić information content (AvgIpc) is 2.80. The summed E-state index contributed by atoms with van der Waals surface area (Å²) in [5.41, 5.74) is 2.27. The van der Waals surface area contributed by atoms with Crippen LogP contribution in [0.2, 0.25) is 10.0 Å². The summed E-state index contributed by atoms with van der Waals surface area (Å²) in [7, 11) is 0. The van der Waals surface area contributed by atoms with E-state index in [-0.39, 0.29) is 18.0 Å². The van der Waals surface area contributed by atoms with E-state index in [1.54, 1.807) is 30.3 Å². The third-order valence-electron chi connectivity index (χ3n) is 4.91. The zero-order valence-corrected chi connectivity index (χ0v) is 19.5. The van der Waals surface area contributed by atoms with Crippen molar-refractivity contribution in [2.45, 2.75) is 11.4 Å². The van der Waals surface area contributed by atoms with Gasteiger partial charge < -0.3 is 15.1 Å². The number of hydrogen-bond acceptors (Lipinski definition) is 4. The van der Waals surface area contributed by atoms with Gasteiger partial charge in [0.2, 0.25) is 0 Å². The maximum Gasteiger partial charge on any atom is 0.335 e. The minimum atomic E-state index is -1.00. The molecule has 3 N–H and O–H groups in total. The maximum absolute atomic E-state index is 12.9. The van der Waals surface area contributed by atoms with Gasteiger partial charge in [0.05, 0.1) is 11.3 Å². The first-order valence-electron chi connectivity index (χ1n) is 9.92. The first kappa shape index (κ1) is 23.0. The Bertz CT molecular complexity index is 1340. The fourth-order valence-electron chi connectivity index (χ4n) is 3.39. The standard InChI is InChI=1S/C25H18Cl2N2O3S/c26-17-11-18(27)13-19(12-17)33-29-23-9-3-6-20-21(23)7-2-8-22(20)24(30)28-14-15-4-1-5-16(10-15)25(31)32/h1-13,29H,14H2,(H,28,30)(H,31,32). The topological polar surface area (TPSA) is 78.4 Å². The van der Waals surface area contributed by atoms with Gasteiger partial charge in [-0.1, -0.05) is 59.6 Å². The number of carboxylic acids is 1. The van der Waals surface area contributed by atoms with Crippen LogP contribution in [0.25, 0.3) is 10.8 Å². The monoisotopic (exact) mass is 496 g/mol. The Morgan fingerprint density at radius 2 is 1.55 bits per heavy atom. The molecule has 4 rings (SSSR count). The van der Waals surface area contributed by atoms with Crippen molar-refractivity contribution in [1.82, 2.24) is 5.32 Å². The zero-order valence-electron chi connectivity index (χ0n) is 17.1. The van der Waals surface area contributed by atoms with Crippen LogP contribution >= 0.6 is 35.1 Å². The number of benzene rings is 4. The second-order valence-corrected chi connectivity index (χ2v) is 8.96. The van der Waals surface area contributed by atoms with Gasteiger partial charge in [-0.2, -0.15) is 0 Å². The molecule has 4 aromatic rings. The number of hydrogen-bond donors (Lipinski definition) is 3. The summed E-state index contributed by atoms with van der Waals surface area (Å²) in [6, 6.07) is 23.0. The fourth-order valence-corrected chi connectivity index (χ4v) is 4.82. The lowest BCUT2D eigenvalue weighted by Crippen LogP contribution is -2.23. The molecule has 4 aromatic carbocycles. The molecule has 0 aromatic heterocycles. The third-order valence-corrected chi connectivity index (χ3v) is 6.14. The highest BCUT2D eigenvalue weighted by Crippen LogP contribution is 2.32. The number of rotatable bonds is 7. The van der Waals surface area contributed by atoms with Crippen LogP contribution in [0.4, 0.5) is 5.69 Å². The van der Waals surface area contributed by atoms with E-state index in [1.807, 2.05) is 42.5 Å². The second-order valence-electron chi connectivity index (χ2n) is 7.20. The summed E-state index contributed by atoms with van der Waals surface area (Å²) in [5.74, 6) is -1.25. The molecular weight excluding hydrogens is 479 g/mol. The molecule has 0 radical (unpaired) electrons. The Morgan fingerprint density at radius 3 is 2.30 bits per heavy atom. The number of halogens is 2. The summed E-state index contributed by atoms with van der Waals surface area (Å²) >= 11 is 13.5. The number of carboxylic acid groups (broad SMARTS) is 1. The highest BCUT2D eigenvalue weighted by molar-refractivity contribution is 8.00. The van der Waals surface area contributed by atoms with Gasteiger partial charge in [0.1, 0.15) is 0 Å². The predicted molar refractivity (Wildman–Crippen MR) is 134 cm³/mol. The number of anilines is 1. The lowest BCUT2D eigenvalue weighted by atomic mass is 10.0. The molecule has 0 spiro atoms. The molecule has 1 amide bonds. The molecule has 0 aliphatic heterocycles. The minimum absolute atomic E-state index is 0.182. The van der Waals surface area contributed by atoms with Crippen LogP contribution in [-0.2, 0) is 6.54 Å². The predicted octanol–water partition coefficient (Wildman–Crippen LogP) is 6.89. The lowest BCUT2D eigenvalue weighted by molar-refractivity contribution is 0.0696. The van der Waals surface area contributed by atoms with E-state index in [0.29, 0.717) is 21.2 Å². The molecule has 0 unspecified atom stereocenters. The van der Waals surface area contributed by atoms with Crippen LogP contribution in [-0.4, -0.2) is 17.0 Å². The number of aromatic carboxylic acids is 1. The largest absolute Gasteiger partial charge is 0.478 e. The summed E-state index contributed by atoms with van der Waals surface area (Å²) in [6.45, 7) is 0.222. The van der Waals surface area contributed by atoms with E-state index >= 15 is 0 Å². The Balaban J connectivity index is 1.53. The van der Waals surface area contributed by atoms with Gasteiger partial charge >= 0.3 is 5.97 Å². The molecule has 0 saturated carbocycles. The van der Waals surface area contributed by atoms with Crippen molar-refractivity contribution in [3.8, 4) is 0 Å². The Hall–Kier alpha value is -3.19. The molecule has 0 fully saturated rings. The summed E-state index contributed by atoms with van der Waals surface area (Å²) in [5, 5.41) is 14.8. The van der Waals surface area contributed by atoms with E-state index in [0.717, 1.165) is 21.4 Å². The number of nitrogens with one attached hydrogen (secondary N) is 2. The van der Waals surface area contributed by atoms with Crippen molar-refractivity contribution in [2.24, 2.45) is 0 Å². The Kier molecular flexibility index (Phi) is 7.08.